The highest BCUT2D eigenvalue weighted by atomic mass is 14.9. The third-order valence-corrected chi connectivity index (χ3v) is 9.70. The molecule has 0 amide bonds. The second kappa shape index (κ2) is 10.6. The van der Waals surface area contributed by atoms with Gasteiger partial charge in [-0.1, -0.05) is 129 Å². The van der Waals surface area contributed by atoms with Gasteiger partial charge in [-0.2, -0.15) is 0 Å². The monoisotopic (exact) mass is 601 g/mol. The van der Waals surface area contributed by atoms with Crippen molar-refractivity contribution >= 4 is 21.7 Å². The van der Waals surface area contributed by atoms with Crippen molar-refractivity contribution in [2.75, 3.05) is 0 Å². The lowest BCUT2D eigenvalue weighted by Gasteiger charge is -2.22. The van der Waals surface area contributed by atoms with Crippen LogP contribution in [0.5, 0.6) is 0 Å². The fourth-order valence-electron chi connectivity index (χ4n) is 7.20. The Labute approximate surface area is 274 Å². The fourth-order valence-corrected chi connectivity index (χ4v) is 7.20. The predicted molar refractivity (Wildman–Crippen MR) is 194 cm³/mol. The molecule has 0 atom stereocenters. The van der Waals surface area contributed by atoms with Crippen molar-refractivity contribution in [2.24, 2.45) is 0 Å². The van der Waals surface area contributed by atoms with Crippen LogP contribution in [0.15, 0.2) is 152 Å². The molecule has 1 aliphatic rings. The van der Waals surface area contributed by atoms with Crippen molar-refractivity contribution in [1.29, 1.82) is 0 Å². The maximum absolute atomic E-state index is 5.23. The number of hydrogen-bond donors (Lipinski definition) is 0. The predicted octanol–water partition coefficient (Wildman–Crippen LogP) is 11.2. The molecular formula is C44H31N3. The molecule has 0 aliphatic heterocycles. The van der Waals surface area contributed by atoms with Crippen LogP contribution in [0.2, 0.25) is 0 Å². The Morgan fingerprint density at radius 2 is 1.13 bits per heavy atom. The van der Waals surface area contributed by atoms with E-state index in [1.165, 1.54) is 33.0 Å². The van der Waals surface area contributed by atoms with Gasteiger partial charge in [0.25, 0.3) is 0 Å². The van der Waals surface area contributed by atoms with Gasteiger partial charge < -0.3 is 0 Å². The third-order valence-electron chi connectivity index (χ3n) is 9.70. The van der Waals surface area contributed by atoms with Gasteiger partial charge in [0, 0.05) is 39.3 Å². The van der Waals surface area contributed by atoms with Crippen molar-refractivity contribution < 1.29 is 0 Å². The molecule has 0 saturated carbocycles. The first-order valence-electron chi connectivity index (χ1n) is 16.1. The van der Waals surface area contributed by atoms with Crippen LogP contribution in [0.1, 0.15) is 25.0 Å². The molecule has 0 bridgehead atoms. The average Bonchev–Trinajstić information content (AvgIpc) is 3.36. The van der Waals surface area contributed by atoms with E-state index in [4.69, 9.17) is 9.97 Å². The van der Waals surface area contributed by atoms with E-state index >= 15 is 0 Å². The molecule has 0 unspecified atom stereocenters. The largest absolute Gasteiger partial charge is 0.256 e. The number of hydrogen-bond acceptors (Lipinski definition) is 3. The number of pyridine rings is 1. The first-order valence-corrected chi connectivity index (χ1v) is 16.1. The van der Waals surface area contributed by atoms with Crippen molar-refractivity contribution in [3.05, 3.63) is 163 Å². The topological polar surface area (TPSA) is 38.7 Å². The number of nitrogens with zero attached hydrogens (tertiary/aromatic N) is 3. The normalized spacial score (nSPS) is 13.1. The van der Waals surface area contributed by atoms with Crippen molar-refractivity contribution in [3.8, 4) is 56.2 Å². The van der Waals surface area contributed by atoms with E-state index in [0.717, 1.165) is 55.9 Å². The molecular weight excluding hydrogens is 571 g/mol. The number of para-hydroxylation sites is 1. The van der Waals surface area contributed by atoms with E-state index in [0.29, 0.717) is 0 Å². The van der Waals surface area contributed by atoms with Gasteiger partial charge in [-0.3, -0.25) is 4.98 Å². The minimum Gasteiger partial charge on any atom is -0.256 e. The summed E-state index contributed by atoms with van der Waals surface area (Å²) in [6, 6.07) is 51.6. The van der Waals surface area contributed by atoms with Gasteiger partial charge in [0.1, 0.15) is 0 Å². The minimum absolute atomic E-state index is 0.129. The van der Waals surface area contributed by atoms with E-state index in [2.05, 4.69) is 134 Å². The van der Waals surface area contributed by atoms with E-state index < -0.39 is 0 Å². The Morgan fingerprint density at radius 3 is 1.94 bits per heavy atom. The molecule has 1 aliphatic carbocycles. The quantitative estimate of drug-likeness (QED) is 0.201. The zero-order valence-corrected chi connectivity index (χ0v) is 26.3. The second-order valence-corrected chi connectivity index (χ2v) is 12.9. The molecule has 3 heteroatoms. The molecule has 8 aromatic rings. The Kier molecular flexibility index (Phi) is 6.16. The van der Waals surface area contributed by atoms with Crippen LogP contribution >= 0.6 is 0 Å². The molecule has 0 saturated heterocycles. The lowest BCUT2D eigenvalue weighted by atomic mass is 9.81. The minimum atomic E-state index is -0.129. The maximum atomic E-state index is 5.23. The van der Waals surface area contributed by atoms with Gasteiger partial charge in [-0.25, -0.2) is 9.97 Å². The average molecular weight is 602 g/mol. The third kappa shape index (κ3) is 4.54. The van der Waals surface area contributed by atoms with Crippen LogP contribution in [0.25, 0.3) is 77.8 Å². The SMILES string of the molecule is CC1(C)c2cc3ccccc3cc2-c2c(-c3cc(-c4ccc(-c5cnc6ccccc6c5)cc4)nc(-c4ccccc4)n3)cccc21. The summed E-state index contributed by atoms with van der Waals surface area (Å²) < 4.78 is 0. The Morgan fingerprint density at radius 1 is 0.447 bits per heavy atom. The lowest BCUT2D eigenvalue weighted by molar-refractivity contribution is 0.661. The molecule has 0 N–H and O–H groups in total. The summed E-state index contributed by atoms with van der Waals surface area (Å²) in [7, 11) is 0. The van der Waals surface area contributed by atoms with Gasteiger partial charge in [0.05, 0.1) is 16.9 Å². The van der Waals surface area contributed by atoms with Crippen LogP contribution in [-0.2, 0) is 5.41 Å². The van der Waals surface area contributed by atoms with E-state index in [9.17, 15) is 0 Å². The van der Waals surface area contributed by atoms with Crippen LogP contribution in [-0.4, -0.2) is 15.0 Å². The molecule has 0 fully saturated rings. The molecule has 2 heterocycles. The molecule has 222 valence electrons. The highest BCUT2D eigenvalue weighted by Crippen LogP contribution is 2.53. The van der Waals surface area contributed by atoms with Crippen LogP contribution in [0.4, 0.5) is 0 Å². The molecule has 0 radical (unpaired) electrons. The summed E-state index contributed by atoms with van der Waals surface area (Å²) in [5.74, 6) is 0.717. The van der Waals surface area contributed by atoms with Gasteiger partial charge in [-0.15, -0.1) is 0 Å². The maximum Gasteiger partial charge on any atom is 0.160 e. The molecule has 2 aromatic heterocycles. The second-order valence-electron chi connectivity index (χ2n) is 12.9. The Hall–Kier alpha value is -5.93. The highest BCUT2D eigenvalue weighted by Gasteiger charge is 2.37. The van der Waals surface area contributed by atoms with Gasteiger partial charge in [-0.05, 0) is 68.9 Å². The first kappa shape index (κ1) is 27.4. The summed E-state index contributed by atoms with van der Waals surface area (Å²) in [4.78, 5) is 15.0. The number of aromatic nitrogens is 3. The molecule has 9 rings (SSSR count). The Balaban J connectivity index is 1.21. The molecule has 0 spiro atoms. The number of rotatable bonds is 4. The van der Waals surface area contributed by atoms with Crippen LogP contribution in [0, 0.1) is 0 Å². The standard InChI is InChI=1S/C44H31N3/c1-44(2)37-17-10-16-35(42(37)36-24-31-13-6-7-14-32(31)25-38(36)44)41-26-40(46-43(47-41)30-11-4-3-5-12-30)29-21-19-28(20-22-29)34-23-33-15-8-9-18-39(33)45-27-34/h3-27H,1-2H3. The van der Waals surface area contributed by atoms with E-state index in [1.54, 1.807) is 0 Å². The smallest absolute Gasteiger partial charge is 0.160 e. The molecule has 47 heavy (non-hydrogen) atoms. The summed E-state index contributed by atoms with van der Waals surface area (Å²) in [5, 5.41) is 3.65. The molecule has 6 aromatic carbocycles. The van der Waals surface area contributed by atoms with E-state index in [-0.39, 0.29) is 5.41 Å². The first-order chi connectivity index (χ1) is 23.0. The summed E-state index contributed by atoms with van der Waals surface area (Å²) >= 11 is 0. The van der Waals surface area contributed by atoms with Crippen LogP contribution in [0.3, 0.4) is 0 Å². The van der Waals surface area contributed by atoms with Gasteiger partial charge >= 0.3 is 0 Å². The zero-order valence-electron chi connectivity index (χ0n) is 26.3. The summed E-state index contributed by atoms with van der Waals surface area (Å²) in [6.45, 7) is 4.67. The summed E-state index contributed by atoms with van der Waals surface area (Å²) in [5.41, 5.74) is 13.3. The molecule has 3 nitrogen and oxygen atoms in total. The lowest BCUT2D eigenvalue weighted by Crippen LogP contribution is -2.14. The van der Waals surface area contributed by atoms with Crippen molar-refractivity contribution in [1.82, 2.24) is 15.0 Å². The van der Waals surface area contributed by atoms with Crippen molar-refractivity contribution in [2.45, 2.75) is 19.3 Å². The van der Waals surface area contributed by atoms with Crippen LogP contribution < -0.4 is 0 Å². The number of benzene rings is 6. The highest BCUT2D eigenvalue weighted by molar-refractivity contribution is 5.98. The van der Waals surface area contributed by atoms with Gasteiger partial charge in [0.2, 0.25) is 0 Å². The van der Waals surface area contributed by atoms with Crippen molar-refractivity contribution in [3.63, 3.8) is 0 Å². The van der Waals surface area contributed by atoms with Gasteiger partial charge in [0.15, 0.2) is 5.82 Å². The summed E-state index contributed by atoms with van der Waals surface area (Å²) in [6.07, 6.45) is 1.95. The Bertz CT molecular complexity index is 2480. The fraction of sp³-hybridized carbons (Fsp3) is 0.0682. The number of fused-ring (bicyclic) bond motifs is 5. The van der Waals surface area contributed by atoms with E-state index in [1.807, 2.05) is 36.5 Å². The zero-order chi connectivity index (χ0) is 31.5.